The molecule has 0 aliphatic rings. The minimum absolute atomic E-state index is 0.245. The molecule has 0 spiro atoms. The summed E-state index contributed by atoms with van der Waals surface area (Å²) in [6.45, 7) is 2.02. The number of amides is 1. The van der Waals surface area contributed by atoms with Crippen molar-refractivity contribution < 1.29 is 4.79 Å². The van der Waals surface area contributed by atoms with Crippen molar-refractivity contribution in [1.29, 1.82) is 0 Å². The van der Waals surface area contributed by atoms with Crippen LogP contribution in [0.3, 0.4) is 0 Å². The zero-order valence-electron chi connectivity index (χ0n) is 10.6. The Balaban J connectivity index is 1.85. The summed E-state index contributed by atoms with van der Waals surface area (Å²) in [6.07, 6.45) is 1.44. The minimum atomic E-state index is -0.245. The van der Waals surface area contributed by atoms with E-state index in [-0.39, 0.29) is 5.91 Å². The first-order chi connectivity index (χ1) is 9.61. The van der Waals surface area contributed by atoms with E-state index < -0.39 is 0 Å². The fraction of sp³-hybridized carbons (Fsp3) is 0.0714. The van der Waals surface area contributed by atoms with Crippen LogP contribution in [-0.2, 0) is 0 Å². The van der Waals surface area contributed by atoms with E-state index in [1.807, 2.05) is 25.1 Å². The Kier molecular flexibility index (Phi) is 3.38. The summed E-state index contributed by atoms with van der Waals surface area (Å²) in [5, 5.41) is 3.70. The standard InChI is InChI=1S/C14H10ClN3OS/c1-8-2-4-10-11(6-8)20-14(17-10)18-13(19)9-3-5-12(15)16-7-9/h2-7H,1H3,(H,17,18,19). The first kappa shape index (κ1) is 13.0. The number of rotatable bonds is 2. The topological polar surface area (TPSA) is 54.9 Å². The second-order valence-corrected chi connectivity index (χ2v) is 5.73. The molecule has 3 aromatic rings. The minimum Gasteiger partial charge on any atom is -0.298 e. The molecule has 4 nitrogen and oxygen atoms in total. The van der Waals surface area contributed by atoms with Crippen molar-refractivity contribution in [2.75, 3.05) is 5.32 Å². The van der Waals surface area contributed by atoms with Gasteiger partial charge in [0.05, 0.1) is 15.8 Å². The molecule has 1 amide bonds. The number of pyridine rings is 1. The molecular weight excluding hydrogens is 294 g/mol. The van der Waals surface area contributed by atoms with E-state index in [1.165, 1.54) is 23.1 Å². The van der Waals surface area contributed by atoms with E-state index in [4.69, 9.17) is 11.6 Å². The normalized spacial score (nSPS) is 10.7. The molecule has 6 heteroatoms. The van der Waals surface area contributed by atoms with E-state index in [0.29, 0.717) is 15.8 Å². The second-order valence-electron chi connectivity index (χ2n) is 4.31. The molecule has 2 aromatic heterocycles. The third-order valence-electron chi connectivity index (χ3n) is 2.75. The highest BCUT2D eigenvalue weighted by molar-refractivity contribution is 7.22. The average molecular weight is 304 g/mol. The Morgan fingerprint density at radius 2 is 2.15 bits per heavy atom. The summed E-state index contributed by atoms with van der Waals surface area (Å²) in [7, 11) is 0. The largest absolute Gasteiger partial charge is 0.298 e. The molecule has 0 aliphatic heterocycles. The van der Waals surface area contributed by atoms with Crippen molar-refractivity contribution in [3.8, 4) is 0 Å². The molecule has 2 heterocycles. The van der Waals surface area contributed by atoms with Gasteiger partial charge >= 0.3 is 0 Å². The molecule has 0 atom stereocenters. The molecular formula is C14H10ClN3OS. The summed E-state index contributed by atoms with van der Waals surface area (Å²) >= 11 is 7.14. The number of anilines is 1. The molecule has 1 aromatic carbocycles. The SMILES string of the molecule is Cc1ccc2nc(NC(=O)c3ccc(Cl)nc3)sc2c1. The summed E-state index contributed by atoms with van der Waals surface area (Å²) in [5.41, 5.74) is 2.50. The zero-order valence-corrected chi connectivity index (χ0v) is 12.1. The fourth-order valence-electron chi connectivity index (χ4n) is 1.76. The lowest BCUT2D eigenvalue weighted by molar-refractivity contribution is 0.102. The van der Waals surface area contributed by atoms with Crippen LogP contribution in [0.1, 0.15) is 15.9 Å². The highest BCUT2D eigenvalue weighted by atomic mass is 35.5. The molecule has 0 bridgehead atoms. The van der Waals surface area contributed by atoms with Crippen LogP contribution in [0.15, 0.2) is 36.5 Å². The van der Waals surface area contributed by atoms with Gasteiger partial charge in [-0.3, -0.25) is 10.1 Å². The number of carbonyl (C=O) groups excluding carboxylic acids is 1. The second kappa shape index (κ2) is 5.19. The molecule has 20 heavy (non-hydrogen) atoms. The summed E-state index contributed by atoms with van der Waals surface area (Å²) < 4.78 is 1.05. The van der Waals surface area contributed by atoms with Gasteiger partial charge in [-0.2, -0.15) is 0 Å². The lowest BCUT2D eigenvalue weighted by Gasteiger charge is -2.00. The Morgan fingerprint density at radius 3 is 2.90 bits per heavy atom. The maximum Gasteiger partial charge on any atom is 0.259 e. The summed E-state index contributed by atoms with van der Waals surface area (Å²) in [6, 6.07) is 9.20. The number of carbonyl (C=O) groups is 1. The van der Waals surface area contributed by atoms with Crippen LogP contribution < -0.4 is 5.32 Å². The number of nitrogens with zero attached hydrogens (tertiary/aromatic N) is 2. The van der Waals surface area contributed by atoms with Gasteiger partial charge in [0.15, 0.2) is 5.13 Å². The van der Waals surface area contributed by atoms with Gasteiger partial charge in [0, 0.05) is 6.20 Å². The van der Waals surface area contributed by atoms with Gasteiger partial charge in [0.1, 0.15) is 5.15 Å². The number of nitrogens with one attached hydrogen (secondary N) is 1. The number of hydrogen-bond acceptors (Lipinski definition) is 4. The fourth-order valence-corrected chi connectivity index (χ4v) is 2.84. The van der Waals surface area contributed by atoms with Crippen LogP contribution in [0, 0.1) is 6.92 Å². The van der Waals surface area contributed by atoms with Crippen molar-refractivity contribution in [2.24, 2.45) is 0 Å². The lowest BCUT2D eigenvalue weighted by atomic mass is 10.2. The van der Waals surface area contributed by atoms with Crippen molar-refractivity contribution in [3.05, 3.63) is 52.8 Å². The highest BCUT2D eigenvalue weighted by Gasteiger charge is 2.10. The molecule has 0 saturated carbocycles. The highest BCUT2D eigenvalue weighted by Crippen LogP contribution is 2.26. The van der Waals surface area contributed by atoms with Crippen molar-refractivity contribution in [2.45, 2.75) is 6.92 Å². The third-order valence-corrected chi connectivity index (χ3v) is 3.91. The van der Waals surface area contributed by atoms with Crippen LogP contribution in [0.5, 0.6) is 0 Å². The smallest absolute Gasteiger partial charge is 0.259 e. The quantitative estimate of drug-likeness (QED) is 0.730. The lowest BCUT2D eigenvalue weighted by Crippen LogP contribution is -2.11. The first-order valence-corrected chi connectivity index (χ1v) is 7.11. The predicted molar refractivity (Wildman–Crippen MR) is 81.6 cm³/mol. The number of thiazole rings is 1. The predicted octanol–water partition coefficient (Wildman–Crippen LogP) is 3.91. The molecule has 0 aliphatic carbocycles. The molecule has 100 valence electrons. The van der Waals surface area contributed by atoms with Gasteiger partial charge in [-0.15, -0.1) is 0 Å². The van der Waals surface area contributed by atoms with Gasteiger partial charge in [-0.1, -0.05) is 29.0 Å². The summed E-state index contributed by atoms with van der Waals surface area (Å²) in [5.74, 6) is -0.245. The van der Waals surface area contributed by atoms with E-state index >= 15 is 0 Å². The average Bonchev–Trinajstić information content (AvgIpc) is 2.80. The molecule has 0 radical (unpaired) electrons. The third kappa shape index (κ3) is 2.64. The molecule has 0 saturated heterocycles. The van der Waals surface area contributed by atoms with Gasteiger partial charge < -0.3 is 0 Å². The van der Waals surface area contributed by atoms with E-state index in [1.54, 1.807) is 12.1 Å². The number of aryl methyl sites for hydroxylation is 1. The van der Waals surface area contributed by atoms with E-state index in [0.717, 1.165) is 10.2 Å². The van der Waals surface area contributed by atoms with Gasteiger partial charge in [-0.25, -0.2) is 9.97 Å². The number of aromatic nitrogens is 2. The van der Waals surface area contributed by atoms with Crippen LogP contribution >= 0.6 is 22.9 Å². The van der Waals surface area contributed by atoms with Gasteiger partial charge in [0.25, 0.3) is 5.91 Å². The summed E-state index contributed by atoms with van der Waals surface area (Å²) in [4.78, 5) is 20.3. The monoisotopic (exact) mass is 303 g/mol. The van der Waals surface area contributed by atoms with Crippen LogP contribution in [-0.4, -0.2) is 15.9 Å². The van der Waals surface area contributed by atoms with Crippen LogP contribution in [0.25, 0.3) is 10.2 Å². The Bertz CT molecular complexity index is 783. The maximum absolute atomic E-state index is 12.0. The molecule has 1 N–H and O–H groups in total. The maximum atomic E-state index is 12.0. The number of hydrogen-bond donors (Lipinski definition) is 1. The zero-order chi connectivity index (χ0) is 14.1. The molecule has 0 unspecified atom stereocenters. The number of fused-ring (bicyclic) bond motifs is 1. The van der Waals surface area contributed by atoms with Gasteiger partial charge in [0.2, 0.25) is 0 Å². The van der Waals surface area contributed by atoms with Crippen molar-refractivity contribution in [3.63, 3.8) is 0 Å². The Morgan fingerprint density at radius 1 is 1.30 bits per heavy atom. The van der Waals surface area contributed by atoms with Crippen molar-refractivity contribution in [1.82, 2.24) is 9.97 Å². The number of benzene rings is 1. The number of halogens is 1. The van der Waals surface area contributed by atoms with Gasteiger partial charge in [-0.05, 0) is 36.8 Å². The van der Waals surface area contributed by atoms with Crippen LogP contribution in [0.2, 0.25) is 5.15 Å². The molecule has 0 fully saturated rings. The van der Waals surface area contributed by atoms with Crippen LogP contribution in [0.4, 0.5) is 5.13 Å². The Hall–Kier alpha value is -1.98. The molecule has 3 rings (SSSR count). The van der Waals surface area contributed by atoms with E-state index in [2.05, 4.69) is 15.3 Å². The first-order valence-electron chi connectivity index (χ1n) is 5.92. The van der Waals surface area contributed by atoms with Crippen molar-refractivity contribution >= 4 is 44.2 Å². The van der Waals surface area contributed by atoms with E-state index in [9.17, 15) is 4.79 Å². The Labute approximate surface area is 124 Å².